The van der Waals surface area contributed by atoms with Gasteiger partial charge in [-0.2, -0.15) is 0 Å². The molecule has 40 heavy (non-hydrogen) atoms. The average molecular weight is 541 g/mol. The van der Waals surface area contributed by atoms with Gasteiger partial charge in [0.15, 0.2) is 0 Å². The molecule has 1 fully saturated rings. The van der Waals surface area contributed by atoms with Gasteiger partial charge in [0.05, 0.1) is 11.4 Å². The number of aliphatic carboxylic acids is 1. The van der Waals surface area contributed by atoms with Gasteiger partial charge in [0.25, 0.3) is 5.91 Å². The van der Waals surface area contributed by atoms with Crippen LogP contribution in [0.1, 0.15) is 71.3 Å². The van der Waals surface area contributed by atoms with E-state index in [1.165, 1.54) is 11.1 Å². The zero-order valence-electron chi connectivity index (χ0n) is 24.7. The smallest absolute Gasteiger partial charge is 0.307 e. The number of amides is 1. The lowest BCUT2D eigenvalue weighted by molar-refractivity contribution is -0.141. The Labute approximate surface area is 236 Å². The number of rotatable bonds is 6. The molecule has 0 saturated carbocycles. The van der Waals surface area contributed by atoms with Gasteiger partial charge in [-0.25, -0.2) is 4.68 Å². The van der Waals surface area contributed by atoms with E-state index in [2.05, 4.69) is 50.2 Å². The molecule has 1 saturated heterocycles. The van der Waals surface area contributed by atoms with Crippen molar-refractivity contribution in [3.05, 3.63) is 80.9 Å². The number of hydrogen-bond donors (Lipinski definition) is 1. The molecule has 0 radical (unpaired) electrons. The second-order valence-corrected chi connectivity index (χ2v) is 11.8. The molecular weight excluding hydrogens is 500 g/mol. The standard InChI is InChI=1S/C33H40N4O3/c1-8-37-29-10-9-28(22(6)31(29)34-35-37)30(23(7)33(39)40)24-15-20(4)27-11-12-36(17-26(27)16-24)32(38)25-13-18(2)21(5)19(3)14-25/h9-10,13-16,20,23,27,30H,8,11-12,17H2,1-7H3,(H,39,40)/t20?,23-,27?,30+/m1/s1. The molecule has 5 rings (SSSR count). The maximum Gasteiger partial charge on any atom is 0.307 e. The highest BCUT2D eigenvalue weighted by molar-refractivity contribution is 5.95. The third-order valence-corrected chi connectivity index (χ3v) is 9.33. The van der Waals surface area contributed by atoms with Crippen molar-refractivity contribution in [3.63, 3.8) is 0 Å². The third-order valence-electron chi connectivity index (χ3n) is 9.33. The molecule has 7 nitrogen and oxygen atoms in total. The Morgan fingerprint density at radius 2 is 1.80 bits per heavy atom. The molecule has 3 aromatic rings. The number of allylic oxidation sites excluding steroid dienone is 3. The van der Waals surface area contributed by atoms with E-state index in [0.717, 1.165) is 63.9 Å². The summed E-state index contributed by atoms with van der Waals surface area (Å²) < 4.78 is 1.86. The summed E-state index contributed by atoms with van der Waals surface area (Å²) in [6.45, 7) is 16.3. The summed E-state index contributed by atoms with van der Waals surface area (Å²) in [6.07, 6.45) is 5.35. The van der Waals surface area contributed by atoms with Crippen LogP contribution in [0.25, 0.3) is 11.0 Å². The fraction of sp³-hybridized carbons (Fsp3) is 0.455. The quantitative estimate of drug-likeness (QED) is 0.405. The van der Waals surface area contributed by atoms with E-state index in [1.807, 2.05) is 47.7 Å². The number of aryl methyl sites for hydroxylation is 4. The number of carbonyl (C=O) groups is 2. The number of piperidine rings is 1. The predicted octanol–water partition coefficient (Wildman–Crippen LogP) is 6.15. The molecule has 1 aliphatic carbocycles. The number of benzene rings is 2. The second kappa shape index (κ2) is 10.7. The first-order valence-electron chi connectivity index (χ1n) is 14.4. The van der Waals surface area contributed by atoms with Crippen molar-refractivity contribution in [2.75, 3.05) is 13.1 Å². The summed E-state index contributed by atoms with van der Waals surface area (Å²) in [5, 5.41) is 18.9. The SMILES string of the molecule is CCn1nnc2c(C)c([C@H](C3=CC(C)C4CCN(C(=O)c5cc(C)c(C)c(C)c5)CC4=C3)[C@@H](C)C(=O)O)ccc21. The van der Waals surface area contributed by atoms with Crippen molar-refractivity contribution >= 4 is 22.9 Å². The Morgan fingerprint density at radius 1 is 1.10 bits per heavy atom. The maximum absolute atomic E-state index is 13.6. The zero-order chi connectivity index (χ0) is 28.9. The van der Waals surface area contributed by atoms with Gasteiger partial charge in [-0.3, -0.25) is 9.59 Å². The lowest BCUT2D eigenvalue weighted by Gasteiger charge is -2.40. The Hall–Kier alpha value is -3.74. The number of nitrogens with zero attached hydrogens (tertiary/aromatic N) is 4. The zero-order valence-corrected chi connectivity index (χ0v) is 24.7. The molecule has 2 aromatic carbocycles. The van der Waals surface area contributed by atoms with Crippen LogP contribution in [0.15, 0.2) is 47.6 Å². The number of fused-ring (bicyclic) bond motifs is 2. The highest BCUT2D eigenvalue weighted by Gasteiger charge is 2.36. The van der Waals surface area contributed by atoms with Crippen molar-refractivity contribution in [1.82, 2.24) is 19.9 Å². The van der Waals surface area contributed by atoms with Gasteiger partial charge in [-0.1, -0.05) is 37.3 Å². The van der Waals surface area contributed by atoms with Crippen LogP contribution in [0.4, 0.5) is 0 Å². The predicted molar refractivity (Wildman–Crippen MR) is 157 cm³/mol. The van der Waals surface area contributed by atoms with Gasteiger partial charge in [0.2, 0.25) is 0 Å². The van der Waals surface area contributed by atoms with E-state index < -0.39 is 11.9 Å². The molecule has 2 aliphatic rings. The van der Waals surface area contributed by atoms with Crippen LogP contribution in [-0.4, -0.2) is 50.0 Å². The normalized spacial score (nSPS) is 20.5. The number of carboxylic acids is 1. The largest absolute Gasteiger partial charge is 0.481 e. The van der Waals surface area contributed by atoms with Crippen molar-refractivity contribution in [3.8, 4) is 0 Å². The fourth-order valence-corrected chi connectivity index (χ4v) is 6.67. The van der Waals surface area contributed by atoms with Crippen molar-refractivity contribution in [2.45, 2.75) is 67.3 Å². The summed E-state index contributed by atoms with van der Waals surface area (Å²) in [7, 11) is 0. The minimum Gasteiger partial charge on any atom is -0.481 e. The van der Waals surface area contributed by atoms with Crippen molar-refractivity contribution in [2.24, 2.45) is 17.8 Å². The minimum absolute atomic E-state index is 0.0602. The average Bonchev–Trinajstić information content (AvgIpc) is 3.36. The molecule has 0 bridgehead atoms. The van der Waals surface area contributed by atoms with Crippen LogP contribution in [0.3, 0.4) is 0 Å². The first-order chi connectivity index (χ1) is 19.0. The first kappa shape index (κ1) is 27.8. The first-order valence-corrected chi connectivity index (χ1v) is 14.4. The summed E-state index contributed by atoms with van der Waals surface area (Å²) in [4.78, 5) is 27.9. The molecule has 1 aromatic heterocycles. The molecule has 4 atom stereocenters. The molecule has 1 aliphatic heterocycles. The van der Waals surface area contributed by atoms with Crippen LogP contribution in [0.2, 0.25) is 0 Å². The molecule has 210 valence electrons. The fourth-order valence-electron chi connectivity index (χ4n) is 6.67. The summed E-state index contributed by atoms with van der Waals surface area (Å²) in [5.41, 5.74) is 10.1. The molecule has 7 heteroatoms. The molecule has 1 N–H and O–H groups in total. The van der Waals surface area contributed by atoms with Gasteiger partial charge >= 0.3 is 5.97 Å². The summed E-state index contributed by atoms with van der Waals surface area (Å²) >= 11 is 0. The van der Waals surface area contributed by atoms with E-state index in [9.17, 15) is 14.7 Å². The number of hydrogen-bond acceptors (Lipinski definition) is 4. The van der Waals surface area contributed by atoms with Crippen molar-refractivity contribution < 1.29 is 14.7 Å². The number of aromatic nitrogens is 3. The molecule has 2 unspecified atom stereocenters. The number of likely N-dealkylation sites (tertiary alicyclic amines) is 1. The molecule has 0 spiro atoms. The second-order valence-electron chi connectivity index (χ2n) is 11.8. The van der Waals surface area contributed by atoms with Gasteiger partial charge in [-0.05, 0) is 110 Å². The highest BCUT2D eigenvalue weighted by atomic mass is 16.4. The Balaban J connectivity index is 1.52. The highest BCUT2D eigenvalue weighted by Crippen LogP contribution is 2.43. The molecule has 1 amide bonds. The van der Waals surface area contributed by atoms with Gasteiger partial charge in [0, 0.05) is 31.1 Å². The number of carboxylic acid groups (broad SMARTS) is 1. The van der Waals surface area contributed by atoms with E-state index in [1.54, 1.807) is 6.92 Å². The van der Waals surface area contributed by atoms with Crippen LogP contribution in [-0.2, 0) is 11.3 Å². The third kappa shape index (κ3) is 4.76. The lowest BCUT2D eigenvalue weighted by Crippen LogP contribution is -2.42. The summed E-state index contributed by atoms with van der Waals surface area (Å²) in [6, 6.07) is 8.06. The molecule has 2 heterocycles. The van der Waals surface area contributed by atoms with E-state index in [-0.39, 0.29) is 17.7 Å². The van der Waals surface area contributed by atoms with Crippen molar-refractivity contribution in [1.29, 1.82) is 0 Å². The topological polar surface area (TPSA) is 88.3 Å². The lowest BCUT2D eigenvalue weighted by atomic mass is 9.71. The van der Waals surface area contributed by atoms with Gasteiger partial charge in [-0.15, -0.1) is 5.10 Å². The van der Waals surface area contributed by atoms with Gasteiger partial charge in [0.1, 0.15) is 5.52 Å². The minimum atomic E-state index is -0.832. The van der Waals surface area contributed by atoms with Gasteiger partial charge < -0.3 is 10.0 Å². The monoisotopic (exact) mass is 540 g/mol. The van der Waals surface area contributed by atoms with E-state index in [4.69, 9.17) is 0 Å². The Kier molecular flexibility index (Phi) is 7.42. The summed E-state index contributed by atoms with van der Waals surface area (Å²) in [5.74, 6) is -1.14. The molecular formula is C33H40N4O3. The van der Waals surface area contributed by atoms with E-state index in [0.29, 0.717) is 12.5 Å². The Morgan fingerprint density at radius 3 is 2.45 bits per heavy atom. The maximum atomic E-state index is 13.6. The van der Waals surface area contributed by atoms with Crippen LogP contribution in [0.5, 0.6) is 0 Å². The van der Waals surface area contributed by atoms with Crippen LogP contribution in [0, 0.1) is 45.4 Å². The van der Waals surface area contributed by atoms with E-state index >= 15 is 0 Å². The van der Waals surface area contributed by atoms with Crippen LogP contribution >= 0.6 is 0 Å². The van der Waals surface area contributed by atoms with Crippen LogP contribution < -0.4 is 0 Å². The number of carbonyl (C=O) groups excluding carboxylic acids is 1. The Bertz CT molecular complexity index is 1540.